The average molecular weight is 343 g/mol. The summed E-state index contributed by atoms with van der Waals surface area (Å²) < 4.78 is 0. The summed E-state index contributed by atoms with van der Waals surface area (Å²) in [5.74, 6) is 0.846. The molecule has 3 rings (SSSR count). The smallest absolute Gasteiger partial charge is 0.319 e. The summed E-state index contributed by atoms with van der Waals surface area (Å²) in [5, 5.41) is 3.14. The molecule has 136 valence electrons. The molecule has 0 radical (unpaired) electrons. The van der Waals surface area contributed by atoms with Crippen LogP contribution in [0.3, 0.4) is 0 Å². The molecule has 25 heavy (non-hydrogen) atoms. The second-order valence-corrected chi connectivity index (χ2v) is 7.37. The Morgan fingerprint density at radius 1 is 1.16 bits per heavy atom. The second-order valence-electron chi connectivity index (χ2n) is 7.37. The molecule has 0 aromatic heterocycles. The summed E-state index contributed by atoms with van der Waals surface area (Å²) in [6.07, 6.45) is 7.08. The van der Waals surface area contributed by atoms with Gasteiger partial charge in [-0.3, -0.25) is 9.69 Å². The third-order valence-corrected chi connectivity index (χ3v) is 5.39. The second kappa shape index (κ2) is 8.37. The van der Waals surface area contributed by atoms with Crippen molar-refractivity contribution in [1.29, 1.82) is 0 Å². The van der Waals surface area contributed by atoms with Crippen LogP contribution in [-0.2, 0) is 11.3 Å². The van der Waals surface area contributed by atoms with Crippen LogP contribution in [0.5, 0.6) is 0 Å². The lowest BCUT2D eigenvalue weighted by molar-refractivity contribution is -0.127. The Kier molecular flexibility index (Phi) is 5.95. The standard InChI is InChI=1S/C20H29N3O2/c1-2-6-16-9-11-18(12-10-16)21-20(25)23-14-19(24)22(15-23)13-17-7-4-3-5-8-17/h3-5,7-8,16,18H,2,6,9-15H2,1H3,(H,21,25). The Morgan fingerprint density at radius 3 is 2.56 bits per heavy atom. The monoisotopic (exact) mass is 343 g/mol. The summed E-state index contributed by atoms with van der Waals surface area (Å²) in [7, 11) is 0. The lowest BCUT2D eigenvalue weighted by Gasteiger charge is -2.30. The number of rotatable bonds is 5. The van der Waals surface area contributed by atoms with Gasteiger partial charge in [-0.15, -0.1) is 0 Å². The molecule has 0 atom stereocenters. The minimum atomic E-state index is -0.0946. The summed E-state index contributed by atoms with van der Waals surface area (Å²) in [4.78, 5) is 28.1. The number of carbonyl (C=O) groups excluding carboxylic acids is 2. The SMILES string of the molecule is CCCC1CCC(NC(=O)N2CC(=O)N(Cc3ccccc3)C2)CC1. The number of carbonyl (C=O) groups is 2. The van der Waals surface area contributed by atoms with Gasteiger partial charge in [0.25, 0.3) is 0 Å². The summed E-state index contributed by atoms with van der Waals surface area (Å²) in [5.41, 5.74) is 1.09. The third kappa shape index (κ3) is 4.74. The van der Waals surface area contributed by atoms with Gasteiger partial charge in [-0.1, -0.05) is 50.1 Å². The number of hydrogen-bond donors (Lipinski definition) is 1. The van der Waals surface area contributed by atoms with Crippen LogP contribution >= 0.6 is 0 Å². The van der Waals surface area contributed by atoms with Crippen LogP contribution in [0.2, 0.25) is 0 Å². The predicted molar refractivity (Wildman–Crippen MR) is 97.8 cm³/mol. The van der Waals surface area contributed by atoms with Crippen LogP contribution in [0.4, 0.5) is 4.79 Å². The van der Waals surface area contributed by atoms with E-state index in [0.717, 1.165) is 24.3 Å². The van der Waals surface area contributed by atoms with E-state index < -0.39 is 0 Å². The van der Waals surface area contributed by atoms with E-state index in [1.54, 1.807) is 9.80 Å². The van der Waals surface area contributed by atoms with Gasteiger partial charge >= 0.3 is 6.03 Å². The molecule has 2 fully saturated rings. The number of nitrogens with one attached hydrogen (secondary N) is 1. The first-order chi connectivity index (χ1) is 12.2. The van der Waals surface area contributed by atoms with E-state index in [1.807, 2.05) is 30.3 Å². The highest BCUT2D eigenvalue weighted by Gasteiger charge is 2.32. The number of nitrogens with zero attached hydrogens (tertiary/aromatic N) is 2. The van der Waals surface area contributed by atoms with Crippen LogP contribution in [0, 0.1) is 5.92 Å². The molecule has 0 spiro atoms. The van der Waals surface area contributed by atoms with E-state index in [1.165, 1.54) is 25.7 Å². The van der Waals surface area contributed by atoms with Crippen molar-refractivity contribution >= 4 is 11.9 Å². The van der Waals surface area contributed by atoms with Gasteiger partial charge in [0.05, 0.1) is 6.67 Å². The highest BCUT2D eigenvalue weighted by molar-refractivity contribution is 5.87. The minimum Gasteiger partial charge on any atom is -0.335 e. The van der Waals surface area contributed by atoms with E-state index in [2.05, 4.69) is 12.2 Å². The van der Waals surface area contributed by atoms with Crippen LogP contribution < -0.4 is 5.32 Å². The van der Waals surface area contributed by atoms with E-state index in [0.29, 0.717) is 13.2 Å². The van der Waals surface area contributed by atoms with Gasteiger partial charge < -0.3 is 10.2 Å². The fourth-order valence-electron chi connectivity index (χ4n) is 3.95. The van der Waals surface area contributed by atoms with E-state index in [4.69, 9.17) is 0 Å². The molecular formula is C20H29N3O2. The van der Waals surface area contributed by atoms with Gasteiger partial charge in [0.15, 0.2) is 0 Å². The Morgan fingerprint density at radius 2 is 1.88 bits per heavy atom. The Balaban J connectivity index is 1.46. The largest absolute Gasteiger partial charge is 0.335 e. The number of benzene rings is 1. The van der Waals surface area contributed by atoms with E-state index in [9.17, 15) is 9.59 Å². The Labute approximate surface area is 150 Å². The lowest BCUT2D eigenvalue weighted by atomic mass is 9.83. The van der Waals surface area contributed by atoms with Gasteiger partial charge in [0, 0.05) is 12.6 Å². The molecule has 1 N–H and O–H groups in total. The van der Waals surface area contributed by atoms with Crippen molar-refractivity contribution < 1.29 is 9.59 Å². The van der Waals surface area contributed by atoms with Crippen molar-refractivity contribution in [1.82, 2.24) is 15.1 Å². The van der Waals surface area contributed by atoms with Crippen molar-refractivity contribution in [3.63, 3.8) is 0 Å². The molecule has 5 heteroatoms. The zero-order valence-electron chi connectivity index (χ0n) is 15.1. The molecule has 2 aliphatic rings. The van der Waals surface area contributed by atoms with Crippen LogP contribution in [0.25, 0.3) is 0 Å². The maximum Gasteiger partial charge on any atom is 0.319 e. The van der Waals surface area contributed by atoms with Crippen LogP contribution in [0.1, 0.15) is 51.0 Å². The van der Waals surface area contributed by atoms with Crippen molar-refractivity contribution in [3.05, 3.63) is 35.9 Å². The first-order valence-corrected chi connectivity index (χ1v) is 9.53. The fourth-order valence-corrected chi connectivity index (χ4v) is 3.95. The molecule has 1 saturated heterocycles. The van der Waals surface area contributed by atoms with Gasteiger partial charge in [-0.25, -0.2) is 4.79 Å². The first-order valence-electron chi connectivity index (χ1n) is 9.53. The zero-order chi connectivity index (χ0) is 17.6. The van der Waals surface area contributed by atoms with Crippen molar-refractivity contribution in [2.45, 2.75) is 58.0 Å². The average Bonchev–Trinajstić information content (AvgIpc) is 2.99. The molecule has 1 aromatic carbocycles. The Hall–Kier alpha value is -2.04. The predicted octanol–water partition coefficient (Wildman–Crippen LogP) is 3.36. The molecule has 0 bridgehead atoms. The molecule has 1 heterocycles. The molecule has 5 nitrogen and oxygen atoms in total. The van der Waals surface area contributed by atoms with Crippen LogP contribution in [0.15, 0.2) is 30.3 Å². The lowest BCUT2D eigenvalue weighted by Crippen LogP contribution is -2.45. The normalized spacial score (nSPS) is 23.8. The van der Waals surface area contributed by atoms with Gasteiger partial charge in [0.1, 0.15) is 6.54 Å². The van der Waals surface area contributed by atoms with E-state index >= 15 is 0 Å². The quantitative estimate of drug-likeness (QED) is 0.891. The highest BCUT2D eigenvalue weighted by atomic mass is 16.2. The maximum atomic E-state index is 12.5. The van der Waals surface area contributed by atoms with Gasteiger partial charge in [0.2, 0.25) is 5.91 Å². The highest BCUT2D eigenvalue weighted by Crippen LogP contribution is 2.27. The zero-order valence-corrected chi connectivity index (χ0v) is 15.1. The number of urea groups is 1. The third-order valence-electron chi connectivity index (χ3n) is 5.39. The minimum absolute atomic E-state index is 0.0191. The van der Waals surface area contributed by atoms with Gasteiger partial charge in [-0.05, 0) is 37.2 Å². The van der Waals surface area contributed by atoms with Crippen molar-refractivity contribution in [2.24, 2.45) is 5.92 Å². The van der Waals surface area contributed by atoms with Crippen molar-refractivity contribution in [3.8, 4) is 0 Å². The summed E-state index contributed by atoms with van der Waals surface area (Å²) in [6, 6.07) is 10.1. The fraction of sp³-hybridized carbons (Fsp3) is 0.600. The molecular weight excluding hydrogens is 314 g/mol. The number of hydrogen-bond acceptors (Lipinski definition) is 2. The molecule has 3 amide bonds. The maximum absolute atomic E-state index is 12.5. The Bertz CT molecular complexity index is 582. The van der Waals surface area contributed by atoms with E-state index in [-0.39, 0.29) is 24.5 Å². The summed E-state index contributed by atoms with van der Waals surface area (Å²) >= 11 is 0. The topological polar surface area (TPSA) is 52.7 Å². The van der Waals surface area contributed by atoms with Crippen LogP contribution in [-0.4, -0.2) is 41.0 Å². The molecule has 1 aliphatic carbocycles. The molecule has 1 aliphatic heterocycles. The molecule has 1 aromatic rings. The first kappa shape index (κ1) is 17.8. The van der Waals surface area contributed by atoms with Gasteiger partial charge in [-0.2, -0.15) is 0 Å². The number of amides is 3. The summed E-state index contributed by atoms with van der Waals surface area (Å²) in [6.45, 7) is 3.36. The molecule has 0 unspecified atom stereocenters. The molecule has 1 saturated carbocycles. The van der Waals surface area contributed by atoms with Crippen molar-refractivity contribution in [2.75, 3.05) is 13.2 Å².